The van der Waals surface area contributed by atoms with E-state index in [1.165, 1.54) is 9.08 Å². The number of rotatable bonds is 4. The minimum atomic E-state index is -0.313. The summed E-state index contributed by atoms with van der Waals surface area (Å²) in [6.07, 6.45) is 0.372. The largest absolute Gasteiger partial charge is 0.381 e. The summed E-state index contributed by atoms with van der Waals surface area (Å²) in [4.78, 5) is 29.1. The standard InChI is InChI=1S/C19H18N6O2/c1-2-16(26)21-13-8-4-3-7-12(13)11-24-19(27)25-15-10-6-5-9-14(15)22-17(20)18(25)23-24/h3-10H,2,11H2,1H3,(H2,20,22)(H,21,26). The second-order valence-electron chi connectivity index (χ2n) is 6.14. The molecule has 0 aliphatic rings. The molecular formula is C19H18N6O2. The van der Waals surface area contributed by atoms with E-state index in [-0.39, 0.29) is 24.0 Å². The van der Waals surface area contributed by atoms with Crippen molar-refractivity contribution in [2.24, 2.45) is 0 Å². The average molecular weight is 362 g/mol. The molecule has 0 saturated carbocycles. The summed E-state index contributed by atoms with van der Waals surface area (Å²) < 4.78 is 2.79. The number of para-hydroxylation sites is 3. The van der Waals surface area contributed by atoms with Crippen LogP contribution in [0.2, 0.25) is 0 Å². The lowest BCUT2D eigenvalue weighted by molar-refractivity contribution is -0.115. The first-order valence-corrected chi connectivity index (χ1v) is 8.60. The van der Waals surface area contributed by atoms with Crippen molar-refractivity contribution in [2.75, 3.05) is 11.1 Å². The number of aromatic nitrogens is 4. The van der Waals surface area contributed by atoms with E-state index >= 15 is 0 Å². The zero-order valence-electron chi connectivity index (χ0n) is 14.7. The van der Waals surface area contributed by atoms with Crippen molar-refractivity contribution < 1.29 is 4.79 Å². The van der Waals surface area contributed by atoms with E-state index in [0.717, 1.165) is 5.56 Å². The molecule has 0 atom stereocenters. The number of fused-ring (bicyclic) bond motifs is 3. The normalized spacial score (nSPS) is 11.1. The fraction of sp³-hybridized carbons (Fsp3) is 0.158. The Morgan fingerprint density at radius 2 is 1.89 bits per heavy atom. The zero-order valence-corrected chi connectivity index (χ0v) is 14.7. The number of nitrogens with one attached hydrogen (secondary N) is 1. The molecule has 0 radical (unpaired) electrons. The topological polar surface area (TPSA) is 107 Å². The second kappa shape index (κ2) is 6.56. The van der Waals surface area contributed by atoms with Crippen molar-refractivity contribution in [1.29, 1.82) is 0 Å². The van der Waals surface area contributed by atoms with Gasteiger partial charge in [0.15, 0.2) is 5.82 Å². The number of carbonyl (C=O) groups is 1. The van der Waals surface area contributed by atoms with Crippen LogP contribution >= 0.6 is 0 Å². The molecule has 2 aromatic carbocycles. The maximum atomic E-state index is 13.0. The van der Waals surface area contributed by atoms with Crippen molar-refractivity contribution in [3.63, 3.8) is 0 Å². The molecular weight excluding hydrogens is 344 g/mol. The van der Waals surface area contributed by atoms with Crippen LogP contribution in [0.5, 0.6) is 0 Å². The highest BCUT2D eigenvalue weighted by Gasteiger charge is 2.15. The van der Waals surface area contributed by atoms with Gasteiger partial charge in [0.05, 0.1) is 17.6 Å². The fourth-order valence-electron chi connectivity index (χ4n) is 3.00. The number of nitrogens with two attached hydrogens (primary N) is 1. The molecule has 0 aliphatic heterocycles. The second-order valence-corrected chi connectivity index (χ2v) is 6.14. The number of hydrogen-bond donors (Lipinski definition) is 2. The van der Waals surface area contributed by atoms with Gasteiger partial charge in [0.2, 0.25) is 11.6 Å². The van der Waals surface area contributed by atoms with Crippen molar-refractivity contribution in [2.45, 2.75) is 19.9 Å². The van der Waals surface area contributed by atoms with E-state index in [9.17, 15) is 9.59 Å². The van der Waals surface area contributed by atoms with Crippen molar-refractivity contribution in [1.82, 2.24) is 19.2 Å². The molecule has 8 heteroatoms. The van der Waals surface area contributed by atoms with Crippen LogP contribution in [0.15, 0.2) is 53.3 Å². The van der Waals surface area contributed by atoms with Gasteiger partial charge in [-0.05, 0) is 23.8 Å². The van der Waals surface area contributed by atoms with E-state index in [4.69, 9.17) is 5.73 Å². The molecule has 4 rings (SSSR count). The lowest BCUT2D eigenvalue weighted by Gasteiger charge is -2.09. The van der Waals surface area contributed by atoms with Crippen LogP contribution in [-0.2, 0) is 11.3 Å². The van der Waals surface area contributed by atoms with Crippen molar-refractivity contribution >= 4 is 34.1 Å². The molecule has 3 N–H and O–H groups in total. The van der Waals surface area contributed by atoms with Gasteiger partial charge in [0, 0.05) is 12.1 Å². The van der Waals surface area contributed by atoms with Crippen LogP contribution in [0.3, 0.4) is 0 Å². The Labute approximate surface area is 154 Å². The van der Waals surface area contributed by atoms with Crippen LogP contribution in [0.1, 0.15) is 18.9 Å². The molecule has 8 nitrogen and oxygen atoms in total. The third-order valence-electron chi connectivity index (χ3n) is 4.36. The van der Waals surface area contributed by atoms with E-state index in [1.807, 2.05) is 30.3 Å². The number of anilines is 2. The van der Waals surface area contributed by atoms with Gasteiger partial charge >= 0.3 is 5.69 Å². The zero-order chi connectivity index (χ0) is 19.0. The number of hydrogen-bond acceptors (Lipinski definition) is 5. The third-order valence-corrected chi connectivity index (χ3v) is 4.36. The summed E-state index contributed by atoms with van der Waals surface area (Å²) in [5, 5.41) is 7.21. The van der Waals surface area contributed by atoms with E-state index in [0.29, 0.717) is 28.8 Å². The molecule has 0 aliphatic carbocycles. The number of nitrogens with zero attached hydrogens (tertiary/aromatic N) is 4. The van der Waals surface area contributed by atoms with Gasteiger partial charge in [-0.3, -0.25) is 4.79 Å². The predicted molar refractivity (Wildman–Crippen MR) is 104 cm³/mol. The third kappa shape index (κ3) is 2.91. The Morgan fingerprint density at radius 1 is 1.15 bits per heavy atom. The molecule has 1 amide bonds. The Bertz CT molecular complexity index is 1220. The molecule has 27 heavy (non-hydrogen) atoms. The molecule has 136 valence electrons. The first-order valence-electron chi connectivity index (χ1n) is 8.60. The van der Waals surface area contributed by atoms with Gasteiger partial charge in [-0.15, -0.1) is 5.10 Å². The van der Waals surface area contributed by atoms with Crippen LogP contribution in [-0.4, -0.2) is 25.1 Å². The maximum Gasteiger partial charge on any atom is 0.351 e. The highest BCUT2D eigenvalue weighted by molar-refractivity contribution is 5.91. The van der Waals surface area contributed by atoms with Crippen LogP contribution in [0, 0.1) is 0 Å². The Morgan fingerprint density at radius 3 is 2.70 bits per heavy atom. The summed E-state index contributed by atoms with van der Waals surface area (Å²) in [7, 11) is 0. The van der Waals surface area contributed by atoms with Gasteiger partial charge in [-0.25, -0.2) is 18.9 Å². The quantitative estimate of drug-likeness (QED) is 0.577. The van der Waals surface area contributed by atoms with Crippen LogP contribution in [0.25, 0.3) is 16.7 Å². The Hall–Kier alpha value is -3.68. The minimum Gasteiger partial charge on any atom is -0.381 e. The molecule has 2 heterocycles. The van der Waals surface area contributed by atoms with Crippen LogP contribution < -0.4 is 16.7 Å². The molecule has 4 aromatic rings. The first kappa shape index (κ1) is 16.8. The minimum absolute atomic E-state index is 0.0933. The van der Waals surface area contributed by atoms with Gasteiger partial charge in [0.25, 0.3) is 0 Å². The van der Waals surface area contributed by atoms with Crippen molar-refractivity contribution in [3.8, 4) is 0 Å². The summed E-state index contributed by atoms with van der Waals surface area (Å²) in [5.41, 5.74) is 8.71. The fourth-order valence-corrected chi connectivity index (χ4v) is 3.00. The summed E-state index contributed by atoms with van der Waals surface area (Å²) in [5.74, 6) is 0.0985. The highest BCUT2D eigenvalue weighted by atomic mass is 16.2. The molecule has 0 saturated heterocycles. The number of benzene rings is 2. The highest BCUT2D eigenvalue weighted by Crippen LogP contribution is 2.19. The summed E-state index contributed by atoms with van der Waals surface area (Å²) >= 11 is 0. The molecule has 0 fully saturated rings. The van der Waals surface area contributed by atoms with Gasteiger partial charge in [-0.2, -0.15) is 0 Å². The Kier molecular flexibility index (Phi) is 4.08. The number of carbonyl (C=O) groups excluding carboxylic acids is 1. The van der Waals surface area contributed by atoms with Gasteiger partial charge in [-0.1, -0.05) is 37.3 Å². The van der Waals surface area contributed by atoms with Gasteiger partial charge in [0.1, 0.15) is 0 Å². The van der Waals surface area contributed by atoms with E-state index in [1.54, 1.807) is 25.1 Å². The van der Waals surface area contributed by atoms with Gasteiger partial charge < -0.3 is 11.1 Å². The summed E-state index contributed by atoms with van der Waals surface area (Å²) in [6.45, 7) is 1.99. The van der Waals surface area contributed by atoms with E-state index in [2.05, 4.69) is 15.4 Å². The SMILES string of the molecule is CCC(=O)Nc1ccccc1Cn1nc2c(N)nc3ccccc3n2c1=O. The molecule has 0 bridgehead atoms. The maximum absolute atomic E-state index is 13.0. The monoisotopic (exact) mass is 362 g/mol. The summed E-state index contributed by atoms with van der Waals surface area (Å²) in [6, 6.07) is 14.6. The smallest absolute Gasteiger partial charge is 0.351 e. The lowest BCUT2D eigenvalue weighted by Crippen LogP contribution is -2.23. The van der Waals surface area contributed by atoms with E-state index < -0.39 is 0 Å². The van der Waals surface area contributed by atoms with Crippen LogP contribution in [0.4, 0.5) is 11.5 Å². The van der Waals surface area contributed by atoms with Crippen molar-refractivity contribution in [3.05, 3.63) is 64.6 Å². The average Bonchev–Trinajstić information content (AvgIpc) is 3.01. The molecule has 2 aromatic heterocycles. The number of amides is 1. The number of nitrogen functional groups attached to an aromatic ring is 1. The predicted octanol–water partition coefficient (Wildman–Crippen LogP) is 2.02. The first-order chi connectivity index (χ1) is 13.1. The Balaban J connectivity index is 1.84. The molecule has 0 unspecified atom stereocenters. The lowest BCUT2D eigenvalue weighted by atomic mass is 10.1. The molecule has 0 spiro atoms.